The minimum absolute atomic E-state index is 0.261. The maximum absolute atomic E-state index is 14.1. The third-order valence-electron chi connectivity index (χ3n) is 4.53. The Balaban J connectivity index is 1.61. The van der Waals surface area contributed by atoms with Crippen LogP contribution in [0.1, 0.15) is 29.9 Å². The summed E-state index contributed by atoms with van der Waals surface area (Å²) in [6.07, 6.45) is 4.76. The SMILES string of the molecule is C=C[C@@H](CCCc1ccc(F)c(Oc2ccccc2)c1)c1ccc(Cl)cc1. The molecule has 3 heteroatoms. The van der Waals surface area contributed by atoms with E-state index in [-0.39, 0.29) is 17.5 Å². The van der Waals surface area contributed by atoms with Crippen molar-refractivity contribution in [3.63, 3.8) is 0 Å². The van der Waals surface area contributed by atoms with E-state index >= 15 is 0 Å². The summed E-state index contributed by atoms with van der Waals surface area (Å²) in [5.74, 6) is 0.815. The van der Waals surface area contributed by atoms with E-state index in [0.717, 1.165) is 29.8 Å². The number of halogens is 2. The minimum atomic E-state index is -0.354. The van der Waals surface area contributed by atoms with Crippen molar-refractivity contribution in [2.24, 2.45) is 0 Å². The van der Waals surface area contributed by atoms with E-state index in [9.17, 15) is 4.39 Å². The van der Waals surface area contributed by atoms with E-state index in [1.54, 1.807) is 6.07 Å². The molecule has 27 heavy (non-hydrogen) atoms. The second kappa shape index (κ2) is 9.38. The molecule has 0 bridgehead atoms. The molecule has 0 unspecified atom stereocenters. The maximum Gasteiger partial charge on any atom is 0.165 e. The van der Waals surface area contributed by atoms with E-state index < -0.39 is 0 Å². The van der Waals surface area contributed by atoms with Gasteiger partial charge in [-0.1, -0.05) is 54.1 Å². The van der Waals surface area contributed by atoms with Gasteiger partial charge in [-0.3, -0.25) is 0 Å². The normalized spacial score (nSPS) is 11.8. The van der Waals surface area contributed by atoms with E-state index in [4.69, 9.17) is 16.3 Å². The monoisotopic (exact) mass is 380 g/mol. The highest BCUT2D eigenvalue weighted by Gasteiger charge is 2.10. The molecule has 0 radical (unpaired) electrons. The van der Waals surface area contributed by atoms with Gasteiger partial charge in [-0.25, -0.2) is 4.39 Å². The van der Waals surface area contributed by atoms with Crippen LogP contribution in [0.25, 0.3) is 0 Å². The van der Waals surface area contributed by atoms with Crippen LogP contribution < -0.4 is 4.74 Å². The van der Waals surface area contributed by atoms with Crippen LogP contribution in [-0.4, -0.2) is 0 Å². The van der Waals surface area contributed by atoms with Crippen LogP contribution in [0, 0.1) is 5.82 Å². The molecular formula is C24H22ClFO. The molecule has 0 N–H and O–H groups in total. The first-order valence-corrected chi connectivity index (χ1v) is 9.43. The number of allylic oxidation sites excluding steroid dienone is 1. The zero-order valence-electron chi connectivity index (χ0n) is 15.1. The summed E-state index contributed by atoms with van der Waals surface area (Å²) in [5, 5.41) is 0.735. The van der Waals surface area contributed by atoms with E-state index in [0.29, 0.717) is 5.75 Å². The smallest absolute Gasteiger partial charge is 0.165 e. The van der Waals surface area contributed by atoms with Gasteiger partial charge in [0.2, 0.25) is 0 Å². The van der Waals surface area contributed by atoms with E-state index in [2.05, 4.69) is 6.58 Å². The summed E-state index contributed by atoms with van der Waals surface area (Å²) in [7, 11) is 0. The van der Waals surface area contributed by atoms with Crippen molar-refractivity contribution in [3.8, 4) is 11.5 Å². The molecule has 3 rings (SSSR count). The van der Waals surface area contributed by atoms with Gasteiger partial charge in [-0.15, -0.1) is 6.58 Å². The van der Waals surface area contributed by atoms with Crippen LogP contribution in [0.3, 0.4) is 0 Å². The lowest BCUT2D eigenvalue weighted by molar-refractivity contribution is 0.441. The Labute approximate surface area is 165 Å². The molecule has 3 aromatic carbocycles. The van der Waals surface area contributed by atoms with E-state index in [1.807, 2.05) is 66.7 Å². The van der Waals surface area contributed by atoms with Crippen LogP contribution in [0.15, 0.2) is 85.5 Å². The molecule has 0 aliphatic carbocycles. The van der Waals surface area contributed by atoms with Gasteiger partial charge in [0.05, 0.1) is 0 Å². The number of ether oxygens (including phenoxy) is 1. The van der Waals surface area contributed by atoms with Crippen LogP contribution in [0.5, 0.6) is 11.5 Å². The van der Waals surface area contributed by atoms with Crippen molar-refractivity contribution < 1.29 is 9.13 Å². The largest absolute Gasteiger partial charge is 0.454 e. The van der Waals surface area contributed by atoms with Gasteiger partial charge in [0.25, 0.3) is 0 Å². The zero-order chi connectivity index (χ0) is 19.1. The number of rotatable bonds is 8. The number of aryl methyl sites for hydroxylation is 1. The molecule has 0 saturated heterocycles. The van der Waals surface area contributed by atoms with E-state index in [1.165, 1.54) is 11.6 Å². The van der Waals surface area contributed by atoms with Gasteiger partial charge in [-0.2, -0.15) is 0 Å². The molecule has 0 amide bonds. The lowest BCUT2D eigenvalue weighted by Crippen LogP contribution is -1.97. The third-order valence-corrected chi connectivity index (χ3v) is 4.78. The molecule has 0 aromatic heterocycles. The molecule has 0 spiro atoms. The number of para-hydroxylation sites is 1. The summed E-state index contributed by atoms with van der Waals surface area (Å²) in [5.41, 5.74) is 2.27. The Bertz CT molecular complexity index is 875. The maximum atomic E-state index is 14.1. The number of hydrogen-bond acceptors (Lipinski definition) is 1. The minimum Gasteiger partial charge on any atom is -0.454 e. The van der Waals surface area contributed by atoms with Crippen LogP contribution in [-0.2, 0) is 6.42 Å². The fraction of sp³-hybridized carbons (Fsp3) is 0.167. The predicted octanol–water partition coefficient (Wildman–Crippen LogP) is 7.56. The van der Waals surface area contributed by atoms with Gasteiger partial charge in [0, 0.05) is 10.9 Å². The summed E-state index contributed by atoms with van der Waals surface area (Å²) in [6, 6.07) is 22.2. The van der Waals surface area contributed by atoms with Crippen molar-refractivity contribution >= 4 is 11.6 Å². The Morgan fingerprint density at radius 1 is 1.00 bits per heavy atom. The first-order chi connectivity index (χ1) is 13.2. The summed E-state index contributed by atoms with van der Waals surface area (Å²) in [6.45, 7) is 3.96. The Hall–Kier alpha value is -2.58. The second-order valence-electron chi connectivity index (χ2n) is 6.47. The van der Waals surface area contributed by atoms with Crippen molar-refractivity contribution in [1.82, 2.24) is 0 Å². The van der Waals surface area contributed by atoms with Gasteiger partial charge in [0.1, 0.15) is 5.75 Å². The highest BCUT2D eigenvalue weighted by molar-refractivity contribution is 6.30. The lowest BCUT2D eigenvalue weighted by atomic mass is 9.92. The van der Waals surface area contributed by atoms with Gasteiger partial charge in [0.15, 0.2) is 11.6 Å². The molecule has 0 aliphatic heterocycles. The second-order valence-corrected chi connectivity index (χ2v) is 6.90. The van der Waals surface area contributed by atoms with Crippen LogP contribution in [0.4, 0.5) is 4.39 Å². The molecule has 0 aliphatic rings. The molecule has 3 aromatic rings. The molecule has 0 fully saturated rings. The average molecular weight is 381 g/mol. The van der Waals surface area contributed by atoms with Gasteiger partial charge < -0.3 is 4.74 Å². The molecule has 138 valence electrons. The molecule has 0 saturated carbocycles. The van der Waals surface area contributed by atoms with Gasteiger partial charge in [-0.05, 0) is 66.8 Å². The topological polar surface area (TPSA) is 9.23 Å². The Morgan fingerprint density at radius 2 is 1.74 bits per heavy atom. The fourth-order valence-corrected chi connectivity index (χ4v) is 3.18. The molecule has 1 atom stereocenters. The van der Waals surface area contributed by atoms with Gasteiger partial charge >= 0.3 is 0 Å². The highest BCUT2D eigenvalue weighted by atomic mass is 35.5. The standard InChI is InChI=1S/C24H22ClFO/c1-2-19(20-12-14-21(25)15-13-20)8-6-7-18-11-16-23(26)24(17-18)27-22-9-4-3-5-10-22/h2-5,9-17,19H,1,6-8H2/t19-/m0/s1. The zero-order valence-corrected chi connectivity index (χ0v) is 15.8. The van der Waals surface area contributed by atoms with Crippen molar-refractivity contribution in [2.45, 2.75) is 25.2 Å². The Morgan fingerprint density at radius 3 is 2.44 bits per heavy atom. The molecule has 0 heterocycles. The van der Waals surface area contributed by atoms with Crippen molar-refractivity contribution in [2.75, 3.05) is 0 Å². The van der Waals surface area contributed by atoms with Crippen LogP contribution >= 0.6 is 11.6 Å². The number of benzene rings is 3. The average Bonchev–Trinajstić information content (AvgIpc) is 2.69. The fourth-order valence-electron chi connectivity index (χ4n) is 3.05. The molecular weight excluding hydrogens is 359 g/mol. The van der Waals surface area contributed by atoms with Crippen molar-refractivity contribution in [1.29, 1.82) is 0 Å². The first kappa shape index (κ1) is 19.2. The quantitative estimate of drug-likeness (QED) is 0.366. The lowest BCUT2D eigenvalue weighted by Gasteiger charge is -2.13. The first-order valence-electron chi connectivity index (χ1n) is 9.05. The summed E-state index contributed by atoms with van der Waals surface area (Å²) < 4.78 is 19.7. The summed E-state index contributed by atoms with van der Waals surface area (Å²) in [4.78, 5) is 0. The highest BCUT2D eigenvalue weighted by Crippen LogP contribution is 2.28. The molecule has 1 nitrogen and oxygen atoms in total. The third kappa shape index (κ3) is 5.45. The predicted molar refractivity (Wildman–Crippen MR) is 110 cm³/mol. The van der Waals surface area contributed by atoms with Crippen LogP contribution in [0.2, 0.25) is 5.02 Å². The number of hydrogen-bond donors (Lipinski definition) is 0. The summed E-state index contributed by atoms with van der Waals surface area (Å²) >= 11 is 5.96. The van der Waals surface area contributed by atoms with Crippen molar-refractivity contribution in [3.05, 3.63) is 107 Å². The Kier molecular flexibility index (Phi) is 6.67.